The quantitative estimate of drug-likeness (QED) is 0.172. The van der Waals surface area contributed by atoms with Crippen molar-refractivity contribution < 1.29 is 57.5 Å². The second-order valence-electron chi connectivity index (χ2n) is 12.7. The molecule has 0 amide bonds. The summed E-state index contributed by atoms with van der Waals surface area (Å²) in [5, 5.41) is 20.7. The highest BCUT2D eigenvalue weighted by molar-refractivity contribution is 6.33. The van der Waals surface area contributed by atoms with E-state index in [2.05, 4.69) is 0 Å². The lowest BCUT2D eigenvalue weighted by Gasteiger charge is -2.23. The van der Waals surface area contributed by atoms with Crippen molar-refractivity contribution in [3.8, 4) is 23.0 Å². The fourth-order valence-electron chi connectivity index (χ4n) is 6.27. The van der Waals surface area contributed by atoms with E-state index in [1.165, 1.54) is 40.0 Å². The largest absolute Gasteiger partial charge is 0.507 e. The standard InChI is InChI=1S/C39H38ClFO11/c1-14-12-24(42)13-25(49-11)26(14)37(46)51-34-20(7)17(4)28(21(8)30(34)40)38(47)52-35-23(10)32(43)29(22(9)31(35)41)39(48)50-33-18(5)15(2)27(36(44)45)16(3)19(33)6/h12-13,26,43H,1-11H3,(H,44,45). The molecule has 0 aromatic heterocycles. The molecule has 0 heterocycles. The first-order valence-corrected chi connectivity index (χ1v) is 16.3. The summed E-state index contributed by atoms with van der Waals surface area (Å²) >= 11 is 6.64. The molecule has 0 radical (unpaired) electrons. The number of hydrogen-bond acceptors (Lipinski definition) is 10. The summed E-state index contributed by atoms with van der Waals surface area (Å²) in [7, 11) is 1.32. The highest BCUT2D eigenvalue weighted by Gasteiger charge is 2.35. The molecule has 0 bridgehead atoms. The molecule has 2 N–H and O–H groups in total. The van der Waals surface area contributed by atoms with Crippen molar-refractivity contribution in [1.82, 2.24) is 0 Å². The van der Waals surface area contributed by atoms with Gasteiger partial charge in [-0.2, -0.15) is 0 Å². The number of esters is 3. The Bertz CT molecular complexity index is 2110. The number of carbonyl (C=O) groups excluding carboxylic acids is 4. The summed E-state index contributed by atoms with van der Waals surface area (Å²) in [5.74, 6) is -7.74. The second kappa shape index (κ2) is 14.6. The van der Waals surface area contributed by atoms with Crippen LogP contribution in [0.15, 0.2) is 23.5 Å². The summed E-state index contributed by atoms with van der Waals surface area (Å²) in [5.41, 5.74) is 1.52. The van der Waals surface area contributed by atoms with E-state index in [4.69, 9.17) is 30.5 Å². The van der Waals surface area contributed by atoms with Gasteiger partial charge in [-0.1, -0.05) is 11.6 Å². The van der Waals surface area contributed by atoms with Gasteiger partial charge in [0.25, 0.3) is 0 Å². The third-order valence-electron chi connectivity index (χ3n) is 9.65. The second-order valence-corrected chi connectivity index (χ2v) is 13.1. The van der Waals surface area contributed by atoms with Gasteiger partial charge in [-0.25, -0.2) is 18.8 Å². The Kier molecular flexibility index (Phi) is 11.1. The molecule has 52 heavy (non-hydrogen) atoms. The van der Waals surface area contributed by atoms with Crippen LogP contribution in [0.5, 0.6) is 23.0 Å². The van der Waals surface area contributed by atoms with Crippen LogP contribution in [-0.2, 0) is 14.3 Å². The number of methoxy groups -OCH3 is 1. The fourth-order valence-corrected chi connectivity index (χ4v) is 6.55. The molecule has 3 aromatic rings. The molecular formula is C39H38ClFO11. The van der Waals surface area contributed by atoms with Gasteiger partial charge in [0.05, 0.1) is 23.3 Å². The minimum atomic E-state index is -1.14. The fraction of sp³-hybridized carbons (Fsp3) is 0.308. The van der Waals surface area contributed by atoms with Crippen LogP contribution in [0, 0.1) is 74.0 Å². The molecule has 1 unspecified atom stereocenters. The number of carboxylic acid groups (broad SMARTS) is 1. The first-order chi connectivity index (χ1) is 24.2. The number of benzene rings is 3. The maximum Gasteiger partial charge on any atom is 0.347 e. The van der Waals surface area contributed by atoms with Crippen LogP contribution in [0.3, 0.4) is 0 Å². The van der Waals surface area contributed by atoms with Crippen molar-refractivity contribution in [1.29, 1.82) is 0 Å². The Morgan fingerprint density at radius 3 is 1.69 bits per heavy atom. The van der Waals surface area contributed by atoms with Gasteiger partial charge in [0.15, 0.2) is 23.1 Å². The molecule has 274 valence electrons. The number of aromatic hydroxyl groups is 1. The maximum absolute atomic E-state index is 16.0. The van der Waals surface area contributed by atoms with Crippen LogP contribution in [0.4, 0.5) is 4.39 Å². The van der Waals surface area contributed by atoms with Gasteiger partial charge in [0.2, 0.25) is 0 Å². The third kappa shape index (κ3) is 6.66. The normalized spacial score (nSPS) is 14.0. The lowest BCUT2D eigenvalue weighted by Crippen LogP contribution is -2.28. The van der Waals surface area contributed by atoms with Crippen molar-refractivity contribution >= 4 is 41.3 Å². The number of phenolic OH excluding ortho intramolecular Hbond substituents is 1. The summed E-state index contributed by atoms with van der Waals surface area (Å²) in [6, 6.07) is 0. The Hall–Kier alpha value is -5.49. The molecule has 1 aliphatic rings. The maximum atomic E-state index is 16.0. The molecule has 0 fully saturated rings. The highest BCUT2D eigenvalue weighted by Crippen LogP contribution is 2.42. The lowest BCUT2D eigenvalue weighted by molar-refractivity contribution is -0.137. The smallest absolute Gasteiger partial charge is 0.347 e. The monoisotopic (exact) mass is 736 g/mol. The molecule has 0 spiro atoms. The van der Waals surface area contributed by atoms with Gasteiger partial charge in [0, 0.05) is 17.2 Å². The summed E-state index contributed by atoms with van der Waals surface area (Å²) in [6.07, 6.45) is 2.48. The number of carbonyl (C=O) groups is 5. The van der Waals surface area contributed by atoms with Gasteiger partial charge in [0.1, 0.15) is 28.7 Å². The van der Waals surface area contributed by atoms with E-state index in [0.29, 0.717) is 39.0 Å². The Labute approximate surface area is 304 Å². The molecule has 0 saturated carbocycles. The molecule has 3 aromatic carbocycles. The molecule has 0 aliphatic heterocycles. The SMILES string of the molecule is COC1=CC(=O)C=C(C)C1C(=O)Oc1c(C)c(C)c(C(=O)Oc2c(C)c(O)c(C(=O)Oc3c(C)c(C)c(C(=O)O)c(C)c3C)c(C)c2F)c(C)c1Cl. The van der Waals surface area contributed by atoms with Gasteiger partial charge < -0.3 is 29.2 Å². The summed E-state index contributed by atoms with van der Waals surface area (Å²) in [6.45, 7) is 15.0. The molecular weight excluding hydrogens is 699 g/mol. The number of hydrogen-bond donors (Lipinski definition) is 2. The van der Waals surface area contributed by atoms with E-state index in [-0.39, 0.29) is 55.9 Å². The Morgan fingerprint density at radius 1 is 0.654 bits per heavy atom. The molecule has 1 atom stereocenters. The van der Waals surface area contributed by atoms with Crippen LogP contribution < -0.4 is 14.2 Å². The number of allylic oxidation sites excluding steroid dienone is 2. The van der Waals surface area contributed by atoms with Crippen molar-refractivity contribution in [2.75, 3.05) is 7.11 Å². The van der Waals surface area contributed by atoms with E-state index in [1.807, 2.05) is 0 Å². The van der Waals surface area contributed by atoms with Crippen molar-refractivity contribution in [2.45, 2.75) is 69.2 Å². The number of carboxylic acids is 1. The van der Waals surface area contributed by atoms with Gasteiger partial charge >= 0.3 is 23.9 Å². The molecule has 13 heteroatoms. The molecule has 1 aliphatic carbocycles. The van der Waals surface area contributed by atoms with Crippen LogP contribution in [0.25, 0.3) is 0 Å². The average Bonchev–Trinajstić information content (AvgIpc) is 3.07. The van der Waals surface area contributed by atoms with Crippen LogP contribution in [-0.4, -0.2) is 47.0 Å². The number of ether oxygens (including phenoxy) is 4. The van der Waals surface area contributed by atoms with Crippen molar-refractivity contribution in [3.63, 3.8) is 0 Å². The van der Waals surface area contributed by atoms with Crippen LogP contribution >= 0.6 is 11.6 Å². The average molecular weight is 737 g/mol. The zero-order valence-corrected chi connectivity index (χ0v) is 31.3. The van der Waals surface area contributed by atoms with Crippen LogP contribution in [0.1, 0.15) is 88.1 Å². The van der Waals surface area contributed by atoms with Gasteiger partial charge in [-0.15, -0.1) is 0 Å². The highest BCUT2D eigenvalue weighted by atomic mass is 35.5. The van der Waals surface area contributed by atoms with Crippen molar-refractivity contribution in [2.24, 2.45) is 5.92 Å². The summed E-state index contributed by atoms with van der Waals surface area (Å²) < 4.78 is 38.1. The number of ketones is 1. The van der Waals surface area contributed by atoms with Crippen LogP contribution in [0.2, 0.25) is 5.02 Å². The molecule has 11 nitrogen and oxygen atoms in total. The van der Waals surface area contributed by atoms with E-state index in [9.17, 15) is 34.2 Å². The first kappa shape index (κ1) is 39.3. The predicted octanol–water partition coefficient (Wildman–Crippen LogP) is 7.68. The zero-order valence-electron chi connectivity index (χ0n) is 30.6. The van der Waals surface area contributed by atoms with E-state index in [1.54, 1.807) is 48.5 Å². The van der Waals surface area contributed by atoms with E-state index in [0.717, 1.165) is 0 Å². The number of aromatic carboxylic acids is 1. The molecule has 0 saturated heterocycles. The predicted molar refractivity (Wildman–Crippen MR) is 188 cm³/mol. The lowest BCUT2D eigenvalue weighted by atomic mass is 9.92. The minimum absolute atomic E-state index is 0.0365. The van der Waals surface area contributed by atoms with Crippen molar-refractivity contribution in [3.05, 3.63) is 101 Å². The molecule has 4 rings (SSSR count). The van der Waals surface area contributed by atoms with E-state index < -0.39 is 52.7 Å². The first-order valence-electron chi connectivity index (χ1n) is 16.0. The number of halogens is 2. The van der Waals surface area contributed by atoms with Gasteiger partial charge in [-0.3, -0.25) is 9.59 Å². The topological polar surface area (TPSA) is 163 Å². The zero-order chi connectivity index (χ0) is 39.3. The Balaban J connectivity index is 1.69. The number of rotatable bonds is 8. The summed E-state index contributed by atoms with van der Waals surface area (Å²) in [4.78, 5) is 64.2. The third-order valence-corrected chi connectivity index (χ3v) is 10.1. The van der Waals surface area contributed by atoms with E-state index >= 15 is 4.39 Å². The minimum Gasteiger partial charge on any atom is -0.507 e. The Morgan fingerprint density at radius 2 is 1.15 bits per heavy atom. The van der Waals surface area contributed by atoms with Gasteiger partial charge in [-0.05, 0) is 120 Å². The number of phenols is 1.